The minimum Gasteiger partial charge on any atom is -0.443 e. The second kappa shape index (κ2) is 18.9. The molecule has 2 aromatic heterocycles. The molecule has 1 saturated heterocycles. The lowest BCUT2D eigenvalue weighted by atomic mass is 10.0. The predicted octanol–water partition coefficient (Wildman–Crippen LogP) is 6.68. The Labute approximate surface area is 357 Å². The number of nitrogens with one attached hydrogen (secondary N) is 2. The van der Waals surface area contributed by atoms with Gasteiger partial charge in [0.25, 0.3) is 5.91 Å². The first-order valence-electron chi connectivity index (χ1n) is 20.4. The number of carbonyl (C=O) groups excluding carboxylic acids is 4. The van der Waals surface area contributed by atoms with Gasteiger partial charge in [0.2, 0.25) is 11.9 Å². The van der Waals surface area contributed by atoms with Crippen molar-refractivity contribution in [3.63, 3.8) is 0 Å². The molecular weight excluding hydrogens is 809 g/mol. The number of aromatic nitrogens is 3. The summed E-state index contributed by atoms with van der Waals surface area (Å²) in [6.07, 6.45) is -2.95. The van der Waals surface area contributed by atoms with E-state index < -0.39 is 41.1 Å². The molecule has 2 aromatic carbocycles. The van der Waals surface area contributed by atoms with E-state index in [9.17, 15) is 32.3 Å². The normalized spacial score (nSPS) is 14.8. The molecule has 2 N–H and O–H groups in total. The van der Waals surface area contributed by atoms with E-state index >= 15 is 4.39 Å². The SMILES string of the molecule is CCCN1CCN(Cc2ccc(NC(=O)Cc3ccc(F)c(C#Cc4cnc(NCC(C)=O)nc4-c4cc5c(n4C)CCN(C(=O)OC(C)(C)C)C5=O)c3)cc2C(F)(F)F)CC1. The molecular formula is C45H50F4N8O5. The van der Waals surface area contributed by atoms with Crippen LogP contribution in [0.1, 0.15) is 84.9 Å². The molecule has 0 saturated carbocycles. The van der Waals surface area contributed by atoms with Crippen molar-refractivity contribution in [3.05, 3.63) is 93.6 Å². The fraction of sp³-hybridized carbons (Fsp3) is 0.422. The predicted molar refractivity (Wildman–Crippen MR) is 225 cm³/mol. The van der Waals surface area contributed by atoms with Gasteiger partial charge >= 0.3 is 12.3 Å². The molecule has 0 aliphatic carbocycles. The molecule has 2 aliphatic heterocycles. The maximum atomic E-state index is 15.2. The maximum Gasteiger partial charge on any atom is 0.417 e. The number of benzene rings is 2. The molecule has 17 heteroatoms. The van der Waals surface area contributed by atoms with Crippen molar-refractivity contribution in [1.29, 1.82) is 0 Å². The minimum atomic E-state index is -4.64. The first-order valence-corrected chi connectivity index (χ1v) is 20.4. The summed E-state index contributed by atoms with van der Waals surface area (Å²) in [5, 5.41) is 5.41. The summed E-state index contributed by atoms with van der Waals surface area (Å²) in [6, 6.07) is 9.28. The minimum absolute atomic E-state index is 0.0173. The van der Waals surface area contributed by atoms with Crippen LogP contribution in [0.5, 0.6) is 0 Å². The highest BCUT2D eigenvalue weighted by Crippen LogP contribution is 2.35. The van der Waals surface area contributed by atoms with Crippen LogP contribution in [0.25, 0.3) is 11.4 Å². The van der Waals surface area contributed by atoms with Crippen molar-refractivity contribution in [1.82, 2.24) is 29.2 Å². The summed E-state index contributed by atoms with van der Waals surface area (Å²) >= 11 is 0. The highest BCUT2D eigenvalue weighted by Gasteiger charge is 2.36. The molecule has 4 heterocycles. The zero-order chi connectivity index (χ0) is 44.9. The van der Waals surface area contributed by atoms with Gasteiger partial charge in [-0.2, -0.15) is 13.2 Å². The average Bonchev–Trinajstić information content (AvgIpc) is 3.54. The molecule has 328 valence electrons. The molecule has 1 fully saturated rings. The topological polar surface area (TPSA) is 142 Å². The molecule has 0 bridgehead atoms. The Hall–Kier alpha value is -6.12. The van der Waals surface area contributed by atoms with E-state index in [4.69, 9.17) is 4.74 Å². The van der Waals surface area contributed by atoms with Gasteiger partial charge in [-0.1, -0.05) is 30.9 Å². The molecule has 62 heavy (non-hydrogen) atoms. The average molecular weight is 859 g/mol. The van der Waals surface area contributed by atoms with Crippen LogP contribution in [0.15, 0.2) is 48.7 Å². The van der Waals surface area contributed by atoms with Crippen LogP contribution in [-0.2, 0) is 46.9 Å². The van der Waals surface area contributed by atoms with Crippen LogP contribution in [0.2, 0.25) is 0 Å². The number of amides is 3. The maximum absolute atomic E-state index is 15.2. The fourth-order valence-electron chi connectivity index (χ4n) is 7.36. The number of hydrogen-bond acceptors (Lipinski definition) is 10. The van der Waals surface area contributed by atoms with Crippen molar-refractivity contribution >= 4 is 35.3 Å². The lowest BCUT2D eigenvalue weighted by Gasteiger charge is -2.35. The van der Waals surface area contributed by atoms with Gasteiger partial charge in [0, 0.05) is 70.3 Å². The van der Waals surface area contributed by atoms with Gasteiger partial charge in [-0.05, 0) is 82.1 Å². The van der Waals surface area contributed by atoms with Crippen LogP contribution in [0.3, 0.4) is 0 Å². The number of hydrogen-bond donors (Lipinski definition) is 2. The van der Waals surface area contributed by atoms with Gasteiger partial charge in [-0.3, -0.25) is 19.3 Å². The van der Waals surface area contributed by atoms with Gasteiger partial charge < -0.3 is 24.8 Å². The van der Waals surface area contributed by atoms with Gasteiger partial charge in [-0.25, -0.2) is 24.1 Å². The second-order valence-corrected chi connectivity index (χ2v) is 16.4. The number of alkyl halides is 3. The Balaban J connectivity index is 1.22. The van der Waals surface area contributed by atoms with Crippen LogP contribution < -0.4 is 10.6 Å². The standard InChI is InChI=1S/C45H50F4N8O5/c1-7-15-55-17-19-56(20-18-55)27-32-11-12-33(23-35(32)45(47,48)49)52-39(59)22-29-8-13-36(46)30(21-29)9-10-31-26-51-42(50-25-28(2)58)53-40(31)38-24-34-37(54(38)6)14-16-57(41(34)60)43(61)62-44(3,4)5/h8,11-13,21,23-24,26H,7,14-20,22,25,27H2,1-6H3,(H,52,59)(H,50,51,53). The first kappa shape index (κ1) is 45.4. The molecule has 0 unspecified atom stereocenters. The van der Waals surface area contributed by atoms with E-state index in [2.05, 4.69) is 44.3 Å². The van der Waals surface area contributed by atoms with Crippen molar-refractivity contribution in [2.45, 2.75) is 72.2 Å². The Bertz CT molecular complexity index is 2420. The van der Waals surface area contributed by atoms with Gasteiger partial charge in [0.1, 0.15) is 22.9 Å². The van der Waals surface area contributed by atoms with Crippen molar-refractivity contribution < 1.29 is 41.5 Å². The number of halogens is 4. The van der Waals surface area contributed by atoms with E-state index in [-0.39, 0.29) is 71.4 Å². The van der Waals surface area contributed by atoms with E-state index in [0.29, 0.717) is 36.5 Å². The Kier molecular flexibility index (Phi) is 13.8. The van der Waals surface area contributed by atoms with Crippen LogP contribution >= 0.6 is 0 Å². The number of rotatable bonds is 11. The van der Waals surface area contributed by atoms with Gasteiger partial charge in [-0.15, -0.1) is 0 Å². The van der Waals surface area contributed by atoms with Crippen molar-refractivity contribution in [2.75, 3.05) is 56.4 Å². The highest BCUT2D eigenvalue weighted by molar-refractivity contribution is 6.05. The Morgan fingerprint density at radius 3 is 2.32 bits per heavy atom. The van der Waals surface area contributed by atoms with Crippen molar-refractivity contribution in [2.24, 2.45) is 7.05 Å². The van der Waals surface area contributed by atoms with Crippen LogP contribution in [0, 0.1) is 17.7 Å². The molecule has 2 aliphatic rings. The number of nitrogens with zero attached hydrogens (tertiary/aromatic N) is 6. The summed E-state index contributed by atoms with van der Waals surface area (Å²) in [7, 11) is 1.73. The zero-order valence-corrected chi connectivity index (χ0v) is 35.6. The number of anilines is 2. The highest BCUT2D eigenvalue weighted by atomic mass is 19.4. The first-order chi connectivity index (χ1) is 29.3. The number of ether oxygens (including phenoxy) is 1. The van der Waals surface area contributed by atoms with Crippen LogP contribution in [0.4, 0.5) is 34.0 Å². The van der Waals surface area contributed by atoms with E-state index in [1.807, 2.05) is 4.90 Å². The molecule has 0 radical (unpaired) electrons. The largest absolute Gasteiger partial charge is 0.443 e. The second-order valence-electron chi connectivity index (χ2n) is 16.4. The lowest BCUT2D eigenvalue weighted by molar-refractivity contribution is -0.138. The molecule has 4 aromatic rings. The molecule has 3 amide bonds. The Morgan fingerprint density at radius 2 is 1.65 bits per heavy atom. The third kappa shape index (κ3) is 11.2. The quantitative estimate of drug-likeness (QED) is 0.124. The number of fused-ring (bicyclic) bond motifs is 1. The van der Waals surface area contributed by atoms with E-state index in [1.165, 1.54) is 37.4 Å². The fourth-order valence-corrected chi connectivity index (χ4v) is 7.36. The monoisotopic (exact) mass is 858 g/mol. The number of Topliss-reactive ketones (excluding diaryl/α,β-unsaturated/α-hetero) is 1. The Morgan fingerprint density at radius 1 is 0.935 bits per heavy atom. The summed E-state index contributed by atoms with van der Waals surface area (Å²) in [6.45, 7) is 12.6. The lowest BCUT2D eigenvalue weighted by Crippen LogP contribution is -2.46. The zero-order valence-electron chi connectivity index (χ0n) is 35.6. The molecule has 0 spiro atoms. The van der Waals surface area contributed by atoms with Gasteiger partial charge in [0.15, 0.2) is 0 Å². The summed E-state index contributed by atoms with van der Waals surface area (Å²) in [4.78, 5) is 65.6. The van der Waals surface area contributed by atoms with E-state index in [1.54, 1.807) is 38.5 Å². The number of piperazine rings is 1. The van der Waals surface area contributed by atoms with Gasteiger partial charge in [0.05, 0.1) is 40.9 Å². The third-order valence-corrected chi connectivity index (χ3v) is 10.4. The smallest absolute Gasteiger partial charge is 0.417 e. The summed E-state index contributed by atoms with van der Waals surface area (Å²) in [5.41, 5.74) is 0.572. The number of imide groups is 1. The molecule has 0 atom stereocenters. The number of ketones is 1. The van der Waals surface area contributed by atoms with E-state index in [0.717, 1.165) is 43.1 Å². The molecule has 6 rings (SSSR count). The number of carbonyl (C=O) groups is 4. The van der Waals surface area contributed by atoms with Crippen LogP contribution in [-0.4, -0.2) is 104 Å². The third-order valence-electron chi connectivity index (χ3n) is 10.4. The summed E-state index contributed by atoms with van der Waals surface area (Å²) < 4.78 is 65.2. The van der Waals surface area contributed by atoms with Crippen molar-refractivity contribution in [3.8, 4) is 23.2 Å². The molecule has 13 nitrogen and oxygen atoms in total. The summed E-state index contributed by atoms with van der Waals surface area (Å²) in [5.74, 6) is 3.77.